The number of rotatable bonds is 2. The summed E-state index contributed by atoms with van der Waals surface area (Å²) in [7, 11) is 0. The monoisotopic (exact) mass is 242 g/mol. The molecule has 0 atom stereocenters. The van der Waals surface area contributed by atoms with Gasteiger partial charge >= 0.3 is 6.03 Å². The minimum absolute atomic E-state index is 0.366. The Labute approximate surface area is 102 Å². The SMILES string of the molecule is O=C(Nc1ccc2cc[nH]c2c1)Nc1ccon1. The van der Waals surface area contributed by atoms with Gasteiger partial charge in [0.1, 0.15) is 6.26 Å². The van der Waals surface area contributed by atoms with Crippen LogP contribution in [-0.2, 0) is 0 Å². The molecule has 0 saturated heterocycles. The van der Waals surface area contributed by atoms with Crippen molar-refractivity contribution < 1.29 is 9.32 Å². The Kier molecular flexibility index (Phi) is 2.45. The summed E-state index contributed by atoms with van der Waals surface area (Å²) in [4.78, 5) is 14.7. The lowest BCUT2D eigenvalue weighted by Crippen LogP contribution is -2.19. The standard InChI is InChI=1S/C12H10N4O2/c17-12(15-11-4-6-18-16-11)14-9-2-1-8-3-5-13-10(8)7-9/h1-7,13H,(H2,14,15,16,17). The number of aromatic amines is 1. The number of fused-ring (bicyclic) bond motifs is 1. The highest BCUT2D eigenvalue weighted by atomic mass is 16.5. The topological polar surface area (TPSA) is 83.0 Å². The lowest BCUT2D eigenvalue weighted by molar-refractivity contribution is 0.262. The molecule has 0 bridgehead atoms. The number of nitrogens with zero attached hydrogens (tertiary/aromatic N) is 1. The number of carbonyl (C=O) groups excluding carboxylic acids is 1. The second kappa shape index (κ2) is 4.25. The Hall–Kier alpha value is -2.76. The smallest absolute Gasteiger partial charge is 0.324 e. The Morgan fingerprint density at radius 1 is 1.22 bits per heavy atom. The number of hydrogen-bond donors (Lipinski definition) is 3. The lowest BCUT2D eigenvalue weighted by atomic mass is 10.2. The van der Waals surface area contributed by atoms with Gasteiger partial charge in [0.2, 0.25) is 0 Å². The highest BCUT2D eigenvalue weighted by molar-refractivity contribution is 6.00. The number of nitrogens with one attached hydrogen (secondary N) is 3. The van der Waals surface area contributed by atoms with E-state index in [0.29, 0.717) is 11.5 Å². The molecular weight excluding hydrogens is 232 g/mol. The Bertz CT molecular complexity index is 672. The van der Waals surface area contributed by atoms with Crippen LogP contribution in [0.5, 0.6) is 0 Å². The van der Waals surface area contributed by atoms with Crippen molar-refractivity contribution in [3.63, 3.8) is 0 Å². The molecule has 3 rings (SSSR count). The number of aromatic nitrogens is 2. The minimum Gasteiger partial charge on any atom is -0.363 e. The molecule has 2 aromatic heterocycles. The first-order valence-electron chi connectivity index (χ1n) is 5.37. The zero-order valence-corrected chi connectivity index (χ0v) is 9.31. The van der Waals surface area contributed by atoms with E-state index < -0.39 is 0 Å². The summed E-state index contributed by atoms with van der Waals surface area (Å²) in [6, 6.07) is 8.78. The molecule has 2 heterocycles. The highest BCUT2D eigenvalue weighted by Crippen LogP contribution is 2.17. The average molecular weight is 242 g/mol. The molecule has 0 unspecified atom stereocenters. The number of urea groups is 1. The van der Waals surface area contributed by atoms with Crippen molar-refractivity contribution in [1.82, 2.24) is 10.1 Å². The molecule has 0 aliphatic carbocycles. The van der Waals surface area contributed by atoms with Crippen LogP contribution in [0, 0.1) is 0 Å². The molecule has 6 nitrogen and oxygen atoms in total. The molecule has 0 saturated carbocycles. The maximum atomic E-state index is 11.6. The van der Waals surface area contributed by atoms with Gasteiger partial charge in [0.05, 0.1) is 0 Å². The summed E-state index contributed by atoms with van der Waals surface area (Å²) in [5.41, 5.74) is 1.67. The first-order valence-corrected chi connectivity index (χ1v) is 5.37. The fourth-order valence-corrected chi connectivity index (χ4v) is 1.68. The van der Waals surface area contributed by atoms with Gasteiger partial charge in [0, 0.05) is 23.5 Å². The van der Waals surface area contributed by atoms with E-state index in [-0.39, 0.29) is 6.03 Å². The Morgan fingerprint density at radius 2 is 2.17 bits per heavy atom. The van der Waals surface area contributed by atoms with Crippen molar-refractivity contribution in [2.45, 2.75) is 0 Å². The third-order valence-corrected chi connectivity index (χ3v) is 2.49. The maximum Gasteiger partial charge on any atom is 0.324 e. The predicted octanol–water partition coefficient (Wildman–Crippen LogP) is 2.80. The van der Waals surface area contributed by atoms with E-state index in [4.69, 9.17) is 0 Å². The molecule has 0 radical (unpaired) electrons. The molecular formula is C12H10N4O2. The van der Waals surface area contributed by atoms with E-state index in [0.717, 1.165) is 10.9 Å². The van der Waals surface area contributed by atoms with E-state index in [1.807, 2.05) is 30.5 Å². The third kappa shape index (κ3) is 2.03. The molecule has 18 heavy (non-hydrogen) atoms. The number of H-pyrrole nitrogens is 1. The van der Waals surface area contributed by atoms with Crippen molar-refractivity contribution in [1.29, 1.82) is 0 Å². The van der Waals surface area contributed by atoms with Crippen LogP contribution in [0.2, 0.25) is 0 Å². The van der Waals surface area contributed by atoms with Gasteiger partial charge in [0.15, 0.2) is 5.82 Å². The molecule has 0 aliphatic heterocycles. The van der Waals surface area contributed by atoms with Crippen molar-refractivity contribution in [3.8, 4) is 0 Å². The van der Waals surface area contributed by atoms with Crippen LogP contribution < -0.4 is 10.6 Å². The molecule has 6 heteroatoms. The van der Waals surface area contributed by atoms with Gasteiger partial charge in [0.25, 0.3) is 0 Å². The lowest BCUT2D eigenvalue weighted by Gasteiger charge is -2.05. The van der Waals surface area contributed by atoms with E-state index in [1.54, 1.807) is 6.07 Å². The summed E-state index contributed by atoms with van der Waals surface area (Å²) >= 11 is 0. The number of anilines is 2. The fourth-order valence-electron chi connectivity index (χ4n) is 1.68. The summed E-state index contributed by atoms with van der Waals surface area (Å²) in [5, 5.41) is 9.94. The number of benzene rings is 1. The number of carbonyl (C=O) groups is 1. The highest BCUT2D eigenvalue weighted by Gasteiger charge is 2.05. The first-order chi connectivity index (χ1) is 8.81. The molecule has 1 aromatic carbocycles. The van der Waals surface area contributed by atoms with Gasteiger partial charge in [-0.1, -0.05) is 11.2 Å². The van der Waals surface area contributed by atoms with E-state index in [2.05, 4.69) is 25.3 Å². The molecule has 0 aliphatic rings. The Balaban J connectivity index is 1.73. The molecule has 2 amide bonds. The summed E-state index contributed by atoms with van der Waals surface area (Å²) in [6.45, 7) is 0. The zero-order valence-electron chi connectivity index (χ0n) is 9.31. The molecule has 3 N–H and O–H groups in total. The van der Waals surface area contributed by atoms with Crippen LogP contribution in [0.3, 0.4) is 0 Å². The van der Waals surface area contributed by atoms with Crippen LogP contribution >= 0.6 is 0 Å². The largest absolute Gasteiger partial charge is 0.363 e. The fraction of sp³-hybridized carbons (Fsp3) is 0. The van der Waals surface area contributed by atoms with Gasteiger partial charge in [-0.15, -0.1) is 0 Å². The van der Waals surface area contributed by atoms with Gasteiger partial charge in [-0.2, -0.15) is 0 Å². The molecule has 0 spiro atoms. The van der Waals surface area contributed by atoms with Gasteiger partial charge in [-0.25, -0.2) is 4.79 Å². The van der Waals surface area contributed by atoms with Crippen molar-refractivity contribution in [3.05, 3.63) is 42.8 Å². The second-order valence-corrected chi connectivity index (χ2v) is 3.74. The van der Waals surface area contributed by atoms with Crippen molar-refractivity contribution in [2.75, 3.05) is 10.6 Å². The van der Waals surface area contributed by atoms with Crippen LogP contribution in [0.1, 0.15) is 0 Å². The first kappa shape index (κ1) is 10.4. The zero-order chi connectivity index (χ0) is 12.4. The number of amides is 2. The van der Waals surface area contributed by atoms with Gasteiger partial charge in [-0.3, -0.25) is 5.32 Å². The molecule has 0 fully saturated rings. The van der Waals surface area contributed by atoms with Crippen LogP contribution in [-0.4, -0.2) is 16.2 Å². The van der Waals surface area contributed by atoms with E-state index in [1.165, 1.54) is 6.26 Å². The molecule has 3 aromatic rings. The number of hydrogen-bond acceptors (Lipinski definition) is 3. The van der Waals surface area contributed by atoms with Crippen LogP contribution in [0.25, 0.3) is 10.9 Å². The third-order valence-electron chi connectivity index (χ3n) is 2.49. The van der Waals surface area contributed by atoms with Gasteiger partial charge in [-0.05, 0) is 23.6 Å². The maximum absolute atomic E-state index is 11.6. The van der Waals surface area contributed by atoms with Crippen LogP contribution in [0.4, 0.5) is 16.3 Å². The summed E-state index contributed by atoms with van der Waals surface area (Å²) in [5.74, 6) is 0.369. The minimum atomic E-state index is -0.366. The van der Waals surface area contributed by atoms with Crippen molar-refractivity contribution in [2.24, 2.45) is 0 Å². The van der Waals surface area contributed by atoms with Crippen molar-refractivity contribution >= 4 is 28.4 Å². The van der Waals surface area contributed by atoms with E-state index >= 15 is 0 Å². The average Bonchev–Trinajstić information content (AvgIpc) is 2.98. The second-order valence-electron chi connectivity index (χ2n) is 3.74. The molecule has 90 valence electrons. The Morgan fingerprint density at radius 3 is 3.00 bits per heavy atom. The summed E-state index contributed by atoms with van der Waals surface area (Å²) in [6.07, 6.45) is 3.24. The predicted molar refractivity (Wildman–Crippen MR) is 67.4 cm³/mol. The van der Waals surface area contributed by atoms with Crippen LogP contribution in [0.15, 0.2) is 47.3 Å². The quantitative estimate of drug-likeness (QED) is 0.646. The van der Waals surface area contributed by atoms with E-state index in [9.17, 15) is 4.79 Å². The normalized spacial score (nSPS) is 10.4. The summed E-state index contributed by atoms with van der Waals surface area (Å²) < 4.78 is 4.62. The van der Waals surface area contributed by atoms with Gasteiger partial charge < -0.3 is 14.8 Å².